The third-order valence-electron chi connectivity index (χ3n) is 7.66. The van der Waals surface area contributed by atoms with E-state index in [9.17, 15) is 19.5 Å². The Bertz CT molecular complexity index is 830. The highest BCUT2D eigenvalue weighted by Gasteiger charge is 2.75. The Morgan fingerprint density at radius 1 is 1.23 bits per heavy atom. The smallest absolute Gasteiger partial charge is 0.312 e. The van der Waals surface area contributed by atoms with Gasteiger partial charge in [-0.05, 0) is 19.3 Å². The maximum atomic E-state index is 14.0. The van der Waals surface area contributed by atoms with Crippen molar-refractivity contribution in [3.8, 4) is 0 Å². The predicted octanol–water partition coefficient (Wildman–Crippen LogP) is -0.181. The lowest BCUT2D eigenvalue weighted by Gasteiger charge is -2.37. The van der Waals surface area contributed by atoms with E-state index in [4.69, 9.17) is 14.2 Å². The molecule has 0 aromatic rings. The third-order valence-corrected chi connectivity index (χ3v) is 7.66. The second-order valence-corrected chi connectivity index (χ2v) is 9.58. The van der Waals surface area contributed by atoms with Gasteiger partial charge in [-0.3, -0.25) is 19.3 Å². The fourth-order valence-corrected chi connectivity index (χ4v) is 6.09. The van der Waals surface area contributed by atoms with Gasteiger partial charge in [-0.1, -0.05) is 12.2 Å². The zero-order valence-electron chi connectivity index (χ0n) is 20.3. The van der Waals surface area contributed by atoms with Gasteiger partial charge >= 0.3 is 5.97 Å². The monoisotopic (exact) mass is 491 g/mol. The van der Waals surface area contributed by atoms with Gasteiger partial charge in [-0.2, -0.15) is 0 Å². The van der Waals surface area contributed by atoms with Crippen LogP contribution in [-0.4, -0.2) is 121 Å². The van der Waals surface area contributed by atoms with E-state index in [-0.39, 0.29) is 31.6 Å². The van der Waals surface area contributed by atoms with Gasteiger partial charge in [0.15, 0.2) is 0 Å². The van der Waals surface area contributed by atoms with Crippen molar-refractivity contribution < 1.29 is 33.7 Å². The van der Waals surface area contributed by atoms with Crippen LogP contribution >= 0.6 is 0 Å². The van der Waals surface area contributed by atoms with Crippen molar-refractivity contribution in [3.05, 3.63) is 25.3 Å². The first-order valence-electron chi connectivity index (χ1n) is 12.5. The van der Waals surface area contributed by atoms with Crippen LogP contribution in [0, 0.1) is 11.8 Å². The van der Waals surface area contributed by atoms with Crippen LogP contribution < -0.4 is 0 Å². The maximum absolute atomic E-state index is 14.0. The van der Waals surface area contributed by atoms with E-state index in [0.29, 0.717) is 52.1 Å². The Morgan fingerprint density at radius 2 is 2.00 bits per heavy atom. The molecule has 4 rings (SSSR count). The molecular weight excluding hydrogens is 454 g/mol. The quantitative estimate of drug-likeness (QED) is 0.228. The molecule has 2 unspecified atom stereocenters. The minimum absolute atomic E-state index is 0.00510. The van der Waals surface area contributed by atoms with E-state index in [1.165, 1.54) is 4.90 Å². The van der Waals surface area contributed by atoms with Gasteiger partial charge in [-0.15, -0.1) is 13.2 Å². The standard InChI is InChI=1S/C25H37N3O7/c1-3-5-15-34-24(32)19-18-6-7-25(35-18)20(19)22(30)28(11-14-29)21(25)23(31)27(8-4-2)10-9-26-12-16-33-17-13-26/h3-4,18-21,29H,1-2,5-17H2/t18-,19+,20+,21?,25?/m1/s1. The van der Waals surface area contributed by atoms with Crippen LogP contribution in [0.1, 0.15) is 19.3 Å². The molecule has 0 saturated carbocycles. The summed E-state index contributed by atoms with van der Waals surface area (Å²) in [6.07, 6.45) is 4.49. The molecule has 35 heavy (non-hydrogen) atoms. The van der Waals surface area contributed by atoms with E-state index < -0.39 is 35.6 Å². The minimum atomic E-state index is -1.09. The summed E-state index contributed by atoms with van der Waals surface area (Å²) in [5, 5.41) is 9.71. The van der Waals surface area contributed by atoms with Gasteiger partial charge in [-0.25, -0.2) is 0 Å². The number of aliphatic hydroxyl groups excluding tert-OH is 1. The molecule has 2 amide bonds. The van der Waals surface area contributed by atoms with Crippen LogP contribution in [0.15, 0.2) is 25.3 Å². The highest BCUT2D eigenvalue weighted by Crippen LogP contribution is 2.58. The first-order chi connectivity index (χ1) is 17.0. The summed E-state index contributed by atoms with van der Waals surface area (Å²) in [5.41, 5.74) is -1.09. The molecule has 1 N–H and O–H groups in total. The van der Waals surface area contributed by atoms with E-state index >= 15 is 0 Å². The largest absolute Gasteiger partial charge is 0.465 e. The van der Waals surface area contributed by atoms with Crippen molar-refractivity contribution >= 4 is 17.8 Å². The second kappa shape index (κ2) is 11.2. The average molecular weight is 492 g/mol. The molecule has 1 spiro atoms. The highest BCUT2D eigenvalue weighted by molar-refractivity contribution is 5.98. The zero-order chi connectivity index (χ0) is 25.0. The molecule has 194 valence electrons. The van der Waals surface area contributed by atoms with Crippen LogP contribution in [0.4, 0.5) is 0 Å². The van der Waals surface area contributed by atoms with Gasteiger partial charge in [0.05, 0.1) is 44.4 Å². The van der Waals surface area contributed by atoms with Crippen molar-refractivity contribution in [2.24, 2.45) is 11.8 Å². The normalized spacial score (nSPS) is 31.9. The maximum Gasteiger partial charge on any atom is 0.312 e. The molecule has 4 aliphatic heterocycles. The van der Waals surface area contributed by atoms with Gasteiger partial charge in [0, 0.05) is 39.3 Å². The fraction of sp³-hybridized carbons (Fsp3) is 0.720. The second-order valence-electron chi connectivity index (χ2n) is 9.58. The van der Waals surface area contributed by atoms with Crippen molar-refractivity contribution in [2.45, 2.75) is 37.0 Å². The summed E-state index contributed by atoms with van der Waals surface area (Å²) < 4.78 is 17.2. The van der Waals surface area contributed by atoms with Crippen molar-refractivity contribution in [1.82, 2.24) is 14.7 Å². The molecule has 0 aliphatic carbocycles. The number of carbonyl (C=O) groups excluding carboxylic acids is 3. The molecule has 0 aromatic carbocycles. The molecule has 2 bridgehead atoms. The van der Waals surface area contributed by atoms with Crippen molar-refractivity contribution in [3.63, 3.8) is 0 Å². The first-order valence-corrected chi connectivity index (χ1v) is 12.5. The third kappa shape index (κ3) is 4.76. The molecule has 4 fully saturated rings. The summed E-state index contributed by atoms with van der Waals surface area (Å²) in [4.78, 5) is 45.9. The molecule has 0 aromatic heterocycles. The van der Waals surface area contributed by atoms with Crippen LogP contribution in [0.2, 0.25) is 0 Å². The number of likely N-dealkylation sites (tertiary alicyclic amines) is 1. The zero-order valence-corrected chi connectivity index (χ0v) is 20.3. The lowest BCUT2D eigenvalue weighted by molar-refractivity contribution is -0.155. The van der Waals surface area contributed by atoms with Gasteiger partial charge in [0.25, 0.3) is 0 Å². The van der Waals surface area contributed by atoms with E-state index in [0.717, 1.165) is 13.1 Å². The molecule has 0 radical (unpaired) electrons. The number of rotatable bonds is 12. The van der Waals surface area contributed by atoms with E-state index in [2.05, 4.69) is 18.1 Å². The Morgan fingerprint density at radius 3 is 2.69 bits per heavy atom. The summed E-state index contributed by atoms with van der Waals surface area (Å²) >= 11 is 0. The van der Waals surface area contributed by atoms with E-state index in [1.807, 2.05) is 0 Å². The molecule has 5 atom stereocenters. The topological polar surface area (TPSA) is 109 Å². The number of hydrogen-bond acceptors (Lipinski definition) is 8. The number of nitrogens with zero attached hydrogens (tertiary/aromatic N) is 3. The number of morpholine rings is 1. The van der Waals surface area contributed by atoms with E-state index in [1.54, 1.807) is 17.1 Å². The van der Waals surface area contributed by atoms with Crippen LogP contribution in [0.5, 0.6) is 0 Å². The van der Waals surface area contributed by atoms with Crippen LogP contribution in [-0.2, 0) is 28.6 Å². The number of amides is 2. The SMILES string of the molecule is C=CCCOC(=O)[C@@H]1[C@H]2C(=O)N(CCO)C(C(=O)N(CC=C)CCN3CCOCC3)C23CC[C@H]1O3. The summed E-state index contributed by atoms with van der Waals surface area (Å²) in [6.45, 7) is 11.8. The first kappa shape index (κ1) is 25.8. The number of fused-ring (bicyclic) bond motifs is 1. The van der Waals surface area contributed by atoms with Crippen LogP contribution in [0.25, 0.3) is 0 Å². The number of aliphatic hydroxyl groups is 1. The molecule has 4 saturated heterocycles. The highest BCUT2D eigenvalue weighted by atomic mass is 16.6. The molecule has 10 nitrogen and oxygen atoms in total. The number of esters is 1. The predicted molar refractivity (Wildman–Crippen MR) is 126 cm³/mol. The lowest BCUT2D eigenvalue weighted by atomic mass is 9.70. The number of carbonyl (C=O) groups is 3. The number of ether oxygens (including phenoxy) is 3. The van der Waals surface area contributed by atoms with Crippen molar-refractivity contribution in [2.75, 3.05) is 65.7 Å². The Balaban J connectivity index is 1.57. The fourth-order valence-electron chi connectivity index (χ4n) is 6.09. The van der Waals surface area contributed by atoms with Crippen molar-refractivity contribution in [1.29, 1.82) is 0 Å². The number of hydrogen-bond donors (Lipinski definition) is 1. The van der Waals surface area contributed by atoms with Crippen LogP contribution in [0.3, 0.4) is 0 Å². The molecule has 4 heterocycles. The Hall–Kier alpha value is -2.27. The number of β-amino-alcohol motifs (C(OH)–C–C–N with tert-alkyl or cyclic N) is 1. The Labute approximate surface area is 206 Å². The van der Waals surface area contributed by atoms with Gasteiger partial charge < -0.3 is 29.1 Å². The summed E-state index contributed by atoms with van der Waals surface area (Å²) in [6, 6.07) is -0.896. The van der Waals surface area contributed by atoms with Gasteiger partial charge in [0.2, 0.25) is 11.8 Å². The average Bonchev–Trinajstić information content (AvgIpc) is 3.50. The molecule has 10 heteroatoms. The lowest BCUT2D eigenvalue weighted by Crippen LogP contribution is -2.57. The molecular formula is C25H37N3O7. The Kier molecular flexibility index (Phi) is 8.26. The minimum Gasteiger partial charge on any atom is -0.465 e. The molecule has 4 aliphatic rings. The summed E-state index contributed by atoms with van der Waals surface area (Å²) in [5.74, 6) is -2.56. The van der Waals surface area contributed by atoms with Gasteiger partial charge in [0.1, 0.15) is 11.6 Å². The summed E-state index contributed by atoms with van der Waals surface area (Å²) in [7, 11) is 0.